The molecule has 0 aromatic carbocycles. The van der Waals surface area contributed by atoms with E-state index in [-0.39, 0.29) is 23.7 Å². The van der Waals surface area contributed by atoms with Crippen molar-refractivity contribution in [2.75, 3.05) is 6.54 Å². The number of carbonyl (C=O) groups is 3. The summed E-state index contributed by atoms with van der Waals surface area (Å²) < 4.78 is 0. The van der Waals surface area contributed by atoms with Crippen LogP contribution >= 0.6 is 0 Å². The second kappa shape index (κ2) is 11.3. The summed E-state index contributed by atoms with van der Waals surface area (Å²) in [7, 11) is 0. The highest BCUT2D eigenvalue weighted by Crippen LogP contribution is 2.29. The number of rotatable bonds is 10. The zero-order valence-electron chi connectivity index (χ0n) is 17.2. The van der Waals surface area contributed by atoms with E-state index in [0.29, 0.717) is 31.2 Å². The van der Waals surface area contributed by atoms with E-state index in [1.54, 1.807) is 0 Å². The molecule has 0 radical (unpaired) electrons. The lowest BCUT2D eigenvalue weighted by Crippen LogP contribution is -2.48. The van der Waals surface area contributed by atoms with Gasteiger partial charge in [-0.1, -0.05) is 34.1 Å². The summed E-state index contributed by atoms with van der Waals surface area (Å²) in [6, 6.07) is -1.30. The lowest BCUT2D eigenvalue weighted by molar-refractivity contribution is -0.144. The molecule has 1 saturated carbocycles. The number of nitrogens with one attached hydrogen (secondary N) is 2. The number of nitrogens with two attached hydrogens (primary N) is 1. The largest absolute Gasteiger partial charge is 0.480 e. The summed E-state index contributed by atoms with van der Waals surface area (Å²) in [5, 5.41) is 15.0. The Morgan fingerprint density at radius 1 is 1.11 bits per heavy atom. The topological polar surface area (TPSA) is 122 Å². The lowest BCUT2D eigenvalue weighted by Gasteiger charge is -2.30. The highest BCUT2D eigenvalue weighted by molar-refractivity contribution is 5.85. The Labute approximate surface area is 162 Å². The Morgan fingerprint density at radius 3 is 2.19 bits per heavy atom. The van der Waals surface area contributed by atoms with Gasteiger partial charge in [0.2, 0.25) is 11.8 Å². The third-order valence-corrected chi connectivity index (χ3v) is 5.62. The van der Waals surface area contributed by atoms with Crippen molar-refractivity contribution in [3.8, 4) is 0 Å². The molecule has 0 bridgehead atoms. The van der Waals surface area contributed by atoms with Crippen molar-refractivity contribution in [2.24, 2.45) is 29.4 Å². The summed E-state index contributed by atoms with van der Waals surface area (Å²) >= 11 is 0. The fraction of sp³-hybridized carbons (Fsp3) is 0.850. The molecule has 1 aliphatic rings. The van der Waals surface area contributed by atoms with Gasteiger partial charge >= 0.3 is 5.97 Å². The first-order chi connectivity index (χ1) is 12.6. The summed E-state index contributed by atoms with van der Waals surface area (Å²) in [6.07, 6.45) is 4.49. The van der Waals surface area contributed by atoms with Crippen molar-refractivity contribution in [1.82, 2.24) is 10.6 Å². The standard InChI is InChI=1S/C20H37N3O4/c1-5-13(4)17(20(26)27)23-18(24)15-8-6-14(7-9-15)11-22-19(25)16(21)10-12(2)3/h12-17H,5-11,21H2,1-4H3,(H,22,25)(H,23,24)(H,26,27)/t13-,14?,15?,16-,17-/m0/s1. The predicted molar refractivity (Wildman–Crippen MR) is 105 cm³/mol. The van der Waals surface area contributed by atoms with Gasteiger partial charge in [-0.05, 0) is 49.9 Å². The number of carbonyl (C=O) groups excluding carboxylic acids is 2. The maximum Gasteiger partial charge on any atom is 0.326 e. The van der Waals surface area contributed by atoms with Crippen LogP contribution in [0.25, 0.3) is 0 Å². The van der Waals surface area contributed by atoms with Crippen LogP contribution in [-0.2, 0) is 14.4 Å². The van der Waals surface area contributed by atoms with Crippen LogP contribution in [0.15, 0.2) is 0 Å². The zero-order valence-corrected chi connectivity index (χ0v) is 17.2. The lowest BCUT2D eigenvalue weighted by atomic mass is 9.81. The molecule has 0 aromatic heterocycles. The van der Waals surface area contributed by atoms with E-state index in [1.807, 2.05) is 27.7 Å². The molecule has 0 saturated heterocycles. The highest BCUT2D eigenvalue weighted by atomic mass is 16.4. The van der Waals surface area contributed by atoms with Crippen molar-refractivity contribution >= 4 is 17.8 Å². The minimum Gasteiger partial charge on any atom is -0.480 e. The first kappa shape index (κ1) is 23.4. The van der Waals surface area contributed by atoms with Crippen LogP contribution in [0.5, 0.6) is 0 Å². The first-order valence-corrected chi connectivity index (χ1v) is 10.2. The first-order valence-electron chi connectivity index (χ1n) is 10.2. The quantitative estimate of drug-likeness (QED) is 0.459. The number of carboxylic acids is 1. The van der Waals surface area contributed by atoms with Crippen molar-refractivity contribution in [1.29, 1.82) is 0 Å². The van der Waals surface area contributed by atoms with Crippen LogP contribution in [0.2, 0.25) is 0 Å². The van der Waals surface area contributed by atoms with Crippen LogP contribution in [-0.4, -0.2) is 41.5 Å². The molecular formula is C20H37N3O4. The van der Waals surface area contributed by atoms with Crippen LogP contribution in [0.4, 0.5) is 0 Å². The fourth-order valence-electron chi connectivity index (χ4n) is 3.57. The molecule has 1 rings (SSSR count). The third-order valence-electron chi connectivity index (χ3n) is 5.62. The van der Waals surface area contributed by atoms with Gasteiger partial charge in [0.25, 0.3) is 0 Å². The van der Waals surface area contributed by atoms with Crippen LogP contribution in [0.1, 0.15) is 66.2 Å². The van der Waals surface area contributed by atoms with E-state index in [4.69, 9.17) is 5.73 Å². The van der Waals surface area contributed by atoms with Crippen molar-refractivity contribution in [3.63, 3.8) is 0 Å². The van der Waals surface area contributed by atoms with Gasteiger partial charge in [-0.3, -0.25) is 9.59 Å². The molecular weight excluding hydrogens is 346 g/mol. The van der Waals surface area contributed by atoms with Crippen molar-refractivity contribution < 1.29 is 19.5 Å². The Hall–Kier alpha value is -1.63. The Morgan fingerprint density at radius 2 is 1.70 bits per heavy atom. The average molecular weight is 384 g/mol. The molecule has 1 fully saturated rings. The summed E-state index contributed by atoms with van der Waals surface area (Å²) in [5.74, 6) is -0.782. The molecule has 0 aliphatic heterocycles. The van der Waals surface area contributed by atoms with Gasteiger partial charge in [-0.2, -0.15) is 0 Å². The number of aliphatic carboxylic acids is 1. The maximum absolute atomic E-state index is 12.4. The van der Waals surface area contributed by atoms with E-state index < -0.39 is 18.1 Å². The normalized spacial score (nSPS) is 23.3. The molecule has 0 spiro atoms. The van der Waals surface area contributed by atoms with E-state index in [0.717, 1.165) is 25.7 Å². The van der Waals surface area contributed by atoms with Crippen molar-refractivity contribution in [3.05, 3.63) is 0 Å². The molecule has 1 aliphatic carbocycles. The zero-order chi connectivity index (χ0) is 20.6. The summed E-state index contributed by atoms with van der Waals surface area (Å²) in [6.45, 7) is 8.41. The smallest absolute Gasteiger partial charge is 0.326 e. The Balaban J connectivity index is 2.39. The molecule has 0 heterocycles. The number of amides is 2. The van der Waals surface area contributed by atoms with Gasteiger partial charge in [-0.25, -0.2) is 4.79 Å². The van der Waals surface area contributed by atoms with Gasteiger partial charge < -0.3 is 21.5 Å². The van der Waals surface area contributed by atoms with Crippen molar-refractivity contribution in [2.45, 2.75) is 78.3 Å². The molecule has 0 unspecified atom stereocenters. The van der Waals surface area contributed by atoms with E-state index in [2.05, 4.69) is 10.6 Å². The number of hydrogen-bond acceptors (Lipinski definition) is 4. The predicted octanol–water partition coefficient (Wildman–Crippen LogP) is 1.90. The Bertz CT molecular complexity index is 501. The van der Waals surface area contributed by atoms with Gasteiger partial charge in [-0.15, -0.1) is 0 Å². The van der Waals surface area contributed by atoms with E-state index >= 15 is 0 Å². The number of hydrogen-bond donors (Lipinski definition) is 4. The SMILES string of the molecule is CC[C@H](C)[C@H](NC(=O)C1CCC(CNC(=O)[C@@H](N)CC(C)C)CC1)C(=O)O. The highest BCUT2D eigenvalue weighted by Gasteiger charge is 2.31. The molecule has 7 heteroatoms. The van der Waals surface area contributed by atoms with E-state index in [1.165, 1.54) is 0 Å². The van der Waals surface area contributed by atoms with Crippen LogP contribution in [0, 0.1) is 23.7 Å². The molecule has 27 heavy (non-hydrogen) atoms. The Kier molecular flexibility index (Phi) is 9.77. The van der Waals surface area contributed by atoms with Crippen LogP contribution in [0.3, 0.4) is 0 Å². The van der Waals surface area contributed by atoms with E-state index in [9.17, 15) is 19.5 Å². The number of carboxylic acid groups (broad SMARTS) is 1. The summed E-state index contributed by atoms with van der Waals surface area (Å²) in [4.78, 5) is 35.8. The molecule has 3 atom stereocenters. The second-order valence-corrected chi connectivity index (χ2v) is 8.41. The maximum atomic E-state index is 12.4. The molecule has 156 valence electrons. The molecule has 7 nitrogen and oxygen atoms in total. The molecule has 5 N–H and O–H groups in total. The van der Waals surface area contributed by atoms with Gasteiger partial charge in [0.1, 0.15) is 6.04 Å². The van der Waals surface area contributed by atoms with Gasteiger partial charge in [0.05, 0.1) is 6.04 Å². The fourth-order valence-corrected chi connectivity index (χ4v) is 3.57. The minimum atomic E-state index is -0.980. The monoisotopic (exact) mass is 383 g/mol. The molecule has 2 amide bonds. The van der Waals surface area contributed by atoms with Crippen LogP contribution < -0.4 is 16.4 Å². The molecule has 0 aromatic rings. The third kappa shape index (κ3) is 7.87. The summed E-state index contributed by atoms with van der Waals surface area (Å²) in [5.41, 5.74) is 5.89. The van der Waals surface area contributed by atoms with Gasteiger partial charge in [0.15, 0.2) is 0 Å². The van der Waals surface area contributed by atoms with Gasteiger partial charge in [0, 0.05) is 12.5 Å². The minimum absolute atomic E-state index is 0.104. The second-order valence-electron chi connectivity index (χ2n) is 8.41. The average Bonchev–Trinajstić information content (AvgIpc) is 2.62.